The Hall–Kier alpha value is -2.43. The van der Waals surface area contributed by atoms with E-state index in [0.717, 1.165) is 11.1 Å². The number of nitrogens with zero attached hydrogens (tertiary/aromatic N) is 2. The fourth-order valence-electron chi connectivity index (χ4n) is 1.92. The molecular weight excluding hydrogens is 256 g/mol. The maximum absolute atomic E-state index is 12.5. The molecule has 5 nitrogen and oxygen atoms in total. The molecule has 5 heteroatoms. The summed E-state index contributed by atoms with van der Waals surface area (Å²) >= 11 is 0. The number of aromatic nitrogens is 2. The van der Waals surface area contributed by atoms with Crippen LogP contribution < -0.4 is 9.47 Å². The molecule has 0 unspecified atom stereocenters. The Labute approximate surface area is 117 Å². The Morgan fingerprint density at radius 3 is 2.30 bits per heavy atom. The first kappa shape index (κ1) is 14.0. The predicted molar refractivity (Wildman–Crippen MR) is 74.5 cm³/mol. The number of hydrogen-bond donors (Lipinski definition) is 0. The first-order chi connectivity index (χ1) is 9.58. The zero-order valence-electron chi connectivity index (χ0n) is 11.9. The van der Waals surface area contributed by atoms with Gasteiger partial charge in [0.1, 0.15) is 11.4 Å². The SMILES string of the molecule is COc1ccc(C(=O)c2ccc(C)c(C)c2OC)nn1. The summed E-state index contributed by atoms with van der Waals surface area (Å²) in [6, 6.07) is 6.83. The Morgan fingerprint density at radius 2 is 1.75 bits per heavy atom. The van der Waals surface area contributed by atoms with Crippen molar-refractivity contribution in [3.05, 3.63) is 46.6 Å². The van der Waals surface area contributed by atoms with Crippen LogP contribution in [0.1, 0.15) is 27.2 Å². The van der Waals surface area contributed by atoms with Crippen LogP contribution in [0.5, 0.6) is 11.6 Å². The fraction of sp³-hybridized carbons (Fsp3) is 0.267. The van der Waals surface area contributed by atoms with E-state index in [1.54, 1.807) is 25.3 Å². The van der Waals surface area contributed by atoms with E-state index >= 15 is 0 Å². The van der Waals surface area contributed by atoms with Gasteiger partial charge in [-0.2, -0.15) is 0 Å². The number of methoxy groups -OCH3 is 2. The van der Waals surface area contributed by atoms with Gasteiger partial charge in [-0.1, -0.05) is 6.07 Å². The number of rotatable bonds is 4. The summed E-state index contributed by atoms with van der Waals surface area (Å²) in [6.07, 6.45) is 0. The van der Waals surface area contributed by atoms with Gasteiger partial charge >= 0.3 is 0 Å². The van der Waals surface area contributed by atoms with Crippen molar-refractivity contribution in [2.24, 2.45) is 0 Å². The van der Waals surface area contributed by atoms with Crippen molar-refractivity contribution in [2.45, 2.75) is 13.8 Å². The molecule has 0 bridgehead atoms. The molecule has 2 rings (SSSR count). The third kappa shape index (κ3) is 2.47. The summed E-state index contributed by atoms with van der Waals surface area (Å²) in [7, 11) is 3.05. The van der Waals surface area contributed by atoms with Crippen LogP contribution in [0.25, 0.3) is 0 Å². The number of aryl methyl sites for hydroxylation is 1. The Bertz CT molecular complexity index is 636. The molecule has 0 N–H and O–H groups in total. The van der Waals surface area contributed by atoms with Crippen LogP contribution >= 0.6 is 0 Å². The second-order valence-electron chi connectivity index (χ2n) is 4.38. The number of hydrogen-bond acceptors (Lipinski definition) is 5. The van der Waals surface area contributed by atoms with Gasteiger partial charge in [0, 0.05) is 6.07 Å². The monoisotopic (exact) mass is 272 g/mol. The zero-order valence-corrected chi connectivity index (χ0v) is 11.9. The summed E-state index contributed by atoms with van der Waals surface area (Å²) in [5, 5.41) is 7.68. The highest BCUT2D eigenvalue weighted by Gasteiger charge is 2.18. The molecule has 1 heterocycles. The van der Waals surface area contributed by atoms with Gasteiger partial charge in [0.15, 0.2) is 0 Å². The quantitative estimate of drug-likeness (QED) is 0.799. The Morgan fingerprint density at radius 1 is 1.00 bits per heavy atom. The van der Waals surface area contributed by atoms with Gasteiger partial charge in [-0.3, -0.25) is 4.79 Å². The van der Waals surface area contributed by atoms with Crippen molar-refractivity contribution in [1.82, 2.24) is 10.2 Å². The van der Waals surface area contributed by atoms with Crippen LogP contribution in [-0.2, 0) is 0 Å². The van der Waals surface area contributed by atoms with Crippen LogP contribution in [-0.4, -0.2) is 30.2 Å². The van der Waals surface area contributed by atoms with E-state index in [4.69, 9.17) is 9.47 Å². The zero-order chi connectivity index (χ0) is 14.7. The molecule has 0 aliphatic rings. The van der Waals surface area contributed by atoms with Crippen LogP contribution in [0.15, 0.2) is 24.3 Å². The molecular formula is C15H16N2O3. The minimum absolute atomic E-state index is 0.222. The van der Waals surface area contributed by atoms with Crippen LogP contribution in [0, 0.1) is 13.8 Å². The third-order valence-corrected chi connectivity index (χ3v) is 3.21. The smallest absolute Gasteiger partial charge is 0.233 e. The second kappa shape index (κ2) is 5.69. The molecule has 0 fully saturated rings. The molecule has 1 aromatic carbocycles. The van der Waals surface area contributed by atoms with Crippen molar-refractivity contribution < 1.29 is 14.3 Å². The van der Waals surface area contributed by atoms with E-state index in [1.807, 2.05) is 19.9 Å². The molecule has 0 aliphatic heterocycles. The molecule has 0 amide bonds. The van der Waals surface area contributed by atoms with Gasteiger partial charge in [0.2, 0.25) is 11.7 Å². The van der Waals surface area contributed by atoms with Crippen molar-refractivity contribution in [3.63, 3.8) is 0 Å². The highest BCUT2D eigenvalue weighted by Crippen LogP contribution is 2.27. The Kier molecular flexibility index (Phi) is 3.98. The fourth-order valence-corrected chi connectivity index (χ4v) is 1.92. The van der Waals surface area contributed by atoms with Crippen molar-refractivity contribution in [1.29, 1.82) is 0 Å². The molecule has 1 aromatic heterocycles. The van der Waals surface area contributed by atoms with E-state index in [9.17, 15) is 4.79 Å². The average molecular weight is 272 g/mol. The Balaban J connectivity index is 2.45. The van der Waals surface area contributed by atoms with E-state index in [1.165, 1.54) is 7.11 Å². The van der Waals surface area contributed by atoms with E-state index in [0.29, 0.717) is 17.2 Å². The molecule has 0 aliphatic carbocycles. The van der Waals surface area contributed by atoms with Gasteiger partial charge in [0.05, 0.1) is 19.8 Å². The van der Waals surface area contributed by atoms with E-state index in [-0.39, 0.29) is 11.5 Å². The van der Waals surface area contributed by atoms with Gasteiger partial charge in [-0.25, -0.2) is 0 Å². The van der Waals surface area contributed by atoms with Gasteiger partial charge in [0.25, 0.3) is 0 Å². The second-order valence-corrected chi connectivity index (χ2v) is 4.38. The summed E-state index contributed by atoms with van der Waals surface area (Å²) in [6.45, 7) is 3.89. The van der Waals surface area contributed by atoms with Crippen molar-refractivity contribution in [3.8, 4) is 11.6 Å². The lowest BCUT2D eigenvalue weighted by Crippen LogP contribution is -2.08. The number of carbonyl (C=O) groups is 1. The summed E-state index contributed by atoms with van der Waals surface area (Å²) in [4.78, 5) is 12.5. The summed E-state index contributed by atoms with van der Waals surface area (Å²) in [5.41, 5.74) is 2.75. The molecule has 0 spiro atoms. The third-order valence-electron chi connectivity index (χ3n) is 3.21. The number of ketones is 1. The molecule has 0 radical (unpaired) electrons. The van der Waals surface area contributed by atoms with Crippen LogP contribution in [0.4, 0.5) is 0 Å². The molecule has 0 saturated carbocycles. The van der Waals surface area contributed by atoms with Crippen molar-refractivity contribution in [2.75, 3.05) is 14.2 Å². The minimum atomic E-state index is -0.222. The maximum Gasteiger partial charge on any atom is 0.233 e. The highest BCUT2D eigenvalue weighted by molar-refractivity contribution is 6.09. The predicted octanol–water partition coefficient (Wildman–Crippen LogP) is 2.34. The molecule has 2 aromatic rings. The molecule has 0 saturated heterocycles. The van der Waals surface area contributed by atoms with Crippen molar-refractivity contribution >= 4 is 5.78 Å². The van der Waals surface area contributed by atoms with Gasteiger partial charge in [-0.05, 0) is 37.1 Å². The largest absolute Gasteiger partial charge is 0.496 e. The number of carbonyl (C=O) groups excluding carboxylic acids is 1. The highest BCUT2D eigenvalue weighted by atomic mass is 16.5. The first-order valence-corrected chi connectivity index (χ1v) is 6.15. The molecule has 104 valence electrons. The van der Waals surface area contributed by atoms with Crippen LogP contribution in [0.2, 0.25) is 0 Å². The standard InChI is InChI=1S/C15H16N2O3/c1-9-5-6-11(15(20-4)10(9)2)14(18)12-7-8-13(19-3)17-16-12/h5-8H,1-4H3. The van der Waals surface area contributed by atoms with Crippen LogP contribution in [0.3, 0.4) is 0 Å². The lowest BCUT2D eigenvalue weighted by molar-refractivity contribution is 0.103. The van der Waals surface area contributed by atoms with E-state index < -0.39 is 0 Å². The number of ether oxygens (including phenoxy) is 2. The summed E-state index contributed by atoms with van der Waals surface area (Å²) < 4.78 is 10.3. The van der Waals surface area contributed by atoms with E-state index in [2.05, 4.69) is 10.2 Å². The summed E-state index contributed by atoms with van der Waals surface area (Å²) in [5.74, 6) is 0.723. The molecule has 0 atom stereocenters. The lowest BCUT2D eigenvalue weighted by Gasteiger charge is -2.12. The minimum Gasteiger partial charge on any atom is -0.496 e. The van der Waals surface area contributed by atoms with Gasteiger partial charge < -0.3 is 9.47 Å². The number of benzene rings is 1. The van der Waals surface area contributed by atoms with Gasteiger partial charge in [-0.15, -0.1) is 10.2 Å². The normalized spacial score (nSPS) is 10.2. The first-order valence-electron chi connectivity index (χ1n) is 6.15. The topological polar surface area (TPSA) is 61.3 Å². The maximum atomic E-state index is 12.5. The lowest BCUT2D eigenvalue weighted by atomic mass is 10.00. The molecule has 20 heavy (non-hydrogen) atoms. The average Bonchev–Trinajstić information content (AvgIpc) is 2.49.